The molecule has 4 rings (SSSR count). The third-order valence-corrected chi connectivity index (χ3v) is 8.56. The lowest BCUT2D eigenvalue weighted by atomic mass is 9.57. The van der Waals surface area contributed by atoms with Crippen molar-refractivity contribution < 1.29 is 15.0 Å². The van der Waals surface area contributed by atoms with Gasteiger partial charge in [-0.05, 0) is 42.4 Å². The van der Waals surface area contributed by atoms with Gasteiger partial charge >= 0.3 is 0 Å². The zero-order chi connectivity index (χ0) is 21.5. The summed E-state index contributed by atoms with van der Waals surface area (Å²) in [5.74, 6) is 0. The molecule has 1 N–H and O–H groups in total. The van der Waals surface area contributed by atoms with Crippen LogP contribution in [-0.2, 0) is 10.8 Å². The van der Waals surface area contributed by atoms with Crippen molar-refractivity contribution in [2.45, 2.75) is 55.5 Å². The van der Waals surface area contributed by atoms with Crippen molar-refractivity contribution in [3.8, 4) is 0 Å². The summed E-state index contributed by atoms with van der Waals surface area (Å²) in [6.45, 7) is 0. The van der Waals surface area contributed by atoms with Crippen molar-refractivity contribution >= 4 is 34.0 Å². The second-order valence-electron chi connectivity index (χ2n) is 8.51. The predicted molar refractivity (Wildman–Crippen MR) is 121 cm³/mol. The molecule has 2 aromatic carbocycles. The number of benzene rings is 2. The number of non-ortho nitro benzene ring substituents is 2. The van der Waals surface area contributed by atoms with Crippen LogP contribution in [0.5, 0.6) is 0 Å². The van der Waals surface area contributed by atoms with Gasteiger partial charge in [0.25, 0.3) is 11.4 Å². The van der Waals surface area contributed by atoms with E-state index >= 15 is 0 Å². The lowest BCUT2D eigenvalue weighted by Gasteiger charge is -2.49. The first-order valence-electron chi connectivity index (χ1n) is 10.1. The maximum atomic E-state index is 11.6. The molecule has 2 fully saturated rings. The Morgan fingerprint density at radius 2 is 1.50 bits per heavy atom. The maximum absolute atomic E-state index is 11.6. The van der Waals surface area contributed by atoms with E-state index in [1.807, 2.05) is 6.07 Å². The summed E-state index contributed by atoms with van der Waals surface area (Å²) in [5.41, 5.74) is 1.86. The summed E-state index contributed by atoms with van der Waals surface area (Å²) in [6.07, 6.45) is 4.66. The van der Waals surface area contributed by atoms with Crippen LogP contribution in [0.15, 0.2) is 42.5 Å². The Bertz CT molecular complexity index is 978. The fourth-order valence-electron chi connectivity index (χ4n) is 4.94. The molecule has 0 radical (unpaired) electrons. The van der Waals surface area contributed by atoms with Crippen LogP contribution in [-0.4, -0.2) is 19.4 Å². The van der Waals surface area contributed by atoms with Gasteiger partial charge in [-0.25, -0.2) is 0 Å². The monoisotopic (exact) mass is 522 g/mol. The molecule has 7 nitrogen and oxygen atoms in total. The van der Waals surface area contributed by atoms with E-state index in [9.17, 15) is 25.3 Å². The molecular weight excluding hydrogens is 499 g/mol. The Hall–Kier alpha value is -2.07. The van der Waals surface area contributed by atoms with Gasteiger partial charge in [-0.15, -0.1) is 0 Å². The number of rotatable bonds is 7. The second-order valence-corrected chi connectivity index (χ2v) is 9.28. The highest BCUT2D eigenvalue weighted by Crippen LogP contribution is 2.56. The SMILES string of the molecule is O=[N+]([O-])c1ccc(C2(C(O)c3cc([N+](=O)[O-])ccc3C3(CI)CCC3)CCC2)cc1. The normalized spacial score (nSPS) is 19.9. The molecule has 2 saturated carbocycles. The quantitative estimate of drug-likeness (QED) is 0.223. The Balaban J connectivity index is 1.80. The number of nitro benzene ring substituents is 2. The summed E-state index contributed by atoms with van der Waals surface area (Å²) in [6, 6.07) is 11.3. The molecule has 2 aliphatic rings. The number of nitro groups is 2. The number of hydrogen-bond donors (Lipinski definition) is 1. The standard InChI is InChI=1S/C22H23IN2O5/c23-14-21(9-1-10-21)19-8-7-17(25(29)30)13-18(19)20(26)22(11-2-12-22)15-3-5-16(6-4-15)24(27)28/h3-8,13,20,26H,1-2,9-12,14H2. The van der Waals surface area contributed by atoms with E-state index in [1.165, 1.54) is 24.3 Å². The Labute approximate surface area is 187 Å². The van der Waals surface area contributed by atoms with E-state index in [2.05, 4.69) is 22.6 Å². The van der Waals surface area contributed by atoms with Crippen molar-refractivity contribution in [2.24, 2.45) is 0 Å². The van der Waals surface area contributed by atoms with Gasteiger partial charge in [0, 0.05) is 39.5 Å². The van der Waals surface area contributed by atoms with Gasteiger partial charge in [-0.1, -0.05) is 53.6 Å². The van der Waals surface area contributed by atoms with Gasteiger partial charge in [0.1, 0.15) is 0 Å². The third kappa shape index (κ3) is 3.30. The van der Waals surface area contributed by atoms with Gasteiger partial charge in [0.05, 0.1) is 16.0 Å². The van der Waals surface area contributed by atoms with E-state index in [0.717, 1.165) is 54.1 Å². The Morgan fingerprint density at radius 1 is 0.933 bits per heavy atom. The van der Waals surface area contributed by atoms with Crippen LogP contribution in [0.3, 0.4) is 0 Å². The Kier molecular flexibility index (Phi) is 5.56. The van der Waals surface area contributed by atoms with Crippen LogP contribution in [0.25, 0.3) is 0 Å². The highest BCUT2D eigenvalue weighted by molar-refractivity contribution is 14.1. The number of halogens is 1. The first-order chi connectivity index (χ1) is 14.3. The molecule has 0 aromatic heterocycles. The summed E-state index contributed by atoms with van der Waals surface area (Å²) in [4.78, 5) is 21.6. The summed E-state index contributed by atoms with van der Waals surface area (Å²) in [5, 5.41) is 34.1. The van der Waals surface area contributed by atoms with Gasteiger partial charge < -0.3 is 5.11 Å². The van der Waals surface area contributed by atoms with Gasteiger partial charge in [0.2, 0.25) is 0 Å². The van der Waals surface area contributed by atoms with E-state index in [0.29, 0.717) is 5.56 Å². The molecule has 0 aliphatic heterocycles. The molecule has 0 amide bonds. The summed E-state index contributed by atoms with van der Waals surface area (Å²) in [7, 11) is 0. The fourth-order valence-corrected chi connectivity index (χ4v) is 6.12. The van der Waals surface area contributed by atoms with Gasteiger partial charge in [-0.2, -0.15) is 0 Å². The smallest absolute Gasteiger partial charge is 0.269 e. The molecule has 8 heteroatoms. The fraction of sp³-hybridized carbons (Fsp3) is 0.455. The summed E-state index contributed by atoms with van der Waals surface area (Å²) >= 11 is 2.37. The van der Waals surface area contributed by atoms with E-state index in [1.54, 1.807) is 12.1 Å². The number of hydrogen-bond acceptors (Lipinski definition) is 5. The van der Waals surface area contributed by atoms with E-state index < -0.39 is 21.4 Å². The van der Waals surface area contributed by atoms with Crippen LogP contribution in [0, 0.1) is 20.2 Å². The molecule has 2 aromatic rings. The van der Waals surface area contributed by atoms with Crippen molar-refractivity contribution in [1.29, 1.82) is 0 Å². The highest BCUT2D eigenvalue weighted by Gasteiger charge is 2.49. The number of aliphatic hydroxyl groups is 1. The summed E-state index contributed by atoms with van der Waals surface area (Å²) < 4.78 is 0.896. The second kappa shape index (κ2) is 7.88. The van der Waals surface area contributed by atoms with E-state index in [-0.39, 0.29) is 16.8 Å². The number of nitrogens with zero attached hydrogens (tertiary/aromatic N) is 2. The molecule has 0 saturated heterocycles. The average molecular weight is 522 g/mol. The van der Waals surface area contributed by atoms with Crippen LogP contribution in [0.4, 0.5) is 11.4 Å². The molecule has 1 atom stereocenters. The van der Waals surface area contributed by atoms with Crippen LogP contribution in [0.1, 0.15) is 61.3 Å². The van der Waals surface area contributed by atoms with Crippen molar-refractivity contribution in [3.05, 3.63) is 79.4 Å². The molecule has 0 spiro atoms. The predicted octanol–water partition coefficient (Wildman–Crippen LogP) is 5.52. The minimum Gasteiger partial charge on any atom is -0.387 e. The van der Waals surface area contributed by atoms with E-state index in [4.69, 9.17) is 0 Å². The molecule has 0 bridgehead atoms. The third-order valence-electron chi connectivity index (χ3n) is 7.10. The zero-order valence-electron chi connectivity index (χ0n) is 16.4. The van der Waals surface area contributed by atoms with Gasteiger partial charge in [0.15, 0.2) is 0 Å². The van der Waals surface area contributed by atoms with Crippen molar-refractivity contribution in [2.75, 3.05) is 4.43 Å². The lowest BCUT2D eigenvalue weighted by Crippen LogP contribution is -2.43. The van der Waals surface area contributed by atoms with Crippen LogP contribution < -0.4 is 0 Å². The first-order valence-corrected chi connectivity index (χ1v) is 11.6. The van der Waals surface area contributed by atoms with Crippen LogP contribution >= 0.6 is 22.6 Å². The molecular formula is C22H23IN2O5. The Morgan fingerprint density at radius 3 is 1.93 bits per heavy atom. The van der Waals surface area contributed by atoms with Gasteiger partial charge in [-0.3, -0.25) is 20.2 Å². The topological polar surface area (TPSA) is 107 Å². The molecule has 158 valence electrons. The largest absolute Gasteiger partial charge is 0.387 e. The molecule has 0 heterocycles. The minimum absolute atomic E-state index is 0.0112. The van der Waals surface area contributed by atoms with Crippen LogP contribution in [0.2, 0.25) is 0 Å². The highest BCUT2D eigenvalue weighted by atomic mass is 127. The average Bonchev–Trinajstić information content (AvgIpc) is 2.67. The molecule has 1 unspecified atom stereocenters. The number of alkyl halides is 1. The van der Waals surface area contributed by atoms with Crippen molar-refractivity contribution in [1.82, 2.24) is 0 Å². The lowest BCUT2D eigenvalue weighted by molar-refractivity contribution is -0.385. The molecule has 2 aliphatic carbocycles. The van der Waals surface area contributed by atoms with Crippen molar-refractivity contribution in [3.63, 3.8) is 0 Å². The minimum atomic E-state index is -0.900. The molecule has 30 heavy (non-hydrogen) atoms. The maximum Gasteiger partial charge on any atom is 0.269 e. The number of aliphatic hydroxyl groups excluding tert-OH is 1. The zero-order valence-corrected chi connectivity index (χ0v) is 18.6. The first kappa shape index (κ1) is 21.2.